The van der Waals surface area contributed by atoms with Crippen LogP contribution in [0.4, 0.5) is 92.2 Å². The van der Waals surface area contributed by atoms with Crippen molar-refractivity contribution < 1.29 is 111 Å². The lowest BCUT2D eigenvalue weighted by Gasteiger charge is -2.44. The van der Waals surface area contributed by atoms with Crippen LogP contribution in [0.3, 0.4) is 0 Å². The van der Waals surface area contributed by atoms with Crippen LogP contribution in [0.1, 0.15) is 20.8 Å². The average Bonchev–Trinajstić information content (AvgIpc) is 3.34. The van der Waals surface area contributed by atoms with Crippen molar-refractivity contribution in [3.63, 3.8) is 0 Å². The fraction of sp³-hybridized carbons (Fsp3) is 0.0465. The normalized spacial score (nSPS) is 11.5. The summed E-state index contributed by atoms with van der Waals surface area (Å²) < 4.78 is 312. The van der Waals surface area contributed by atoms with Gasteiger partial charge in [-0.25, -0.2) is 97.0 Å². The van der Waals surface area contributed by atoms with Gasteiger partial charge >= 0.3 is 5.97 Å². The molecule has 0 aliphatic rings. The lowest BCUT2D eigenvalue weighted by atomic mass is 9.12. The van der Waals surface area contributed by atoms with Gasteiger partial charge in [-0.1, -0.05) is 48.5 Å². The van der Waals surface area contributed by atoms with Crippen molar-refractivity contribution in [3.8, 4) is 0 Å². The van der Waals surface area contributed by atoms with Crippen LogP contribution in [0, 0.1) is 116 Å². The number of ketones is 1. The zero-order valence-electron chi connectivity index (χ0n) is 33.0. The molecule has 0 amide bonds. The van der Waals surface area contributed by atoms with Gasteiger partial charge in [0.2, 0.25) is 19.2 Å². The minimum absolute atomic E-state index is 0.0361. The molecule has 69 heavy (non-hydrogen) atoms. The highest BCUT2D eigenvalue weighted by molar-refractivity contribution is 7.20. The predicted molar refractivity (Wildman–Crippen MR) is 196 cm³/mol. The van der Waals surface area contributed by atoms with Crippen molar-refractivity contribution in [1.29, 1.82) is 0 Å². The Balaban J connectivity index is 0.000000273. The largest absolute Gasteiger partial charge is 0.426 e. The van der Waals surface area contributed by atoms with Crippen molar-refractivity contribution in [2.45, 2.75) is 6.54 Å². The number of carbonyl (C=O) groups excluding carboxylic acids is 2. The number of nitrogens with zero attached hydrogens (tertiary/aromatic N) is 1. The van der Waals surface area contributed by atoms with E-state index < -0.39 is 157 Å². The molecule has 6 aromatic carbocycles. The van der Waals surface area contributed by atoms with Gasteiger partial charge in [0.25, 0.3) is 5.69 Å². The van der Waals surface area contributed by atoms with Crippen molar-refractivity contribution >= 4 is 50.5 Å². The van der Waals surface area contributed by atoms with Gasteiger partial charge in [0.1, 0.15) is 52.7 Å². The molecule has 0 unspecified atom stereocenters. The Hall–Kier alpha value is -7.54. The number of rotatable bonds is 9. The Morgan fingerprint density at radius 3 is 1.04 bits per heavy atom. The predicted octanol–water partition coefficient (Wildman–Crippen LogP) is 8.94. The molecule has 0 radical (unpaired) electrons. The van der Waals surface area contributed by atoms with Crippen LogP contribution in [0.25, 0.3) is 10.8 Å². The van der Waals surface area contributed by atoms with Gasteiger partial charge in [-0.15, -0.1) is 21.9 Å². The highest BCUT2D eigenvalue weighted by Gasteiger charge is 2.52. The standard InChI is InChI=1S/C24BF20.C19H15FNO3/c26-5-1(6(27)14(35)21(42)13(5)34)25(2-7(28)15(36)22(43)16(37)8(2)29,3-9(30)17(38)23(44)18(39)10(3)31)4-11(32)19(40)24(45)20(41)12(4)33;20-13-24-19(23)18-16-9-5-4-6-14(16)10-11-21(18)12-17(22)15-7-2-1-3-8-15/h;1-11H,12-13H2/q-1;+1. The molecule has 7 aromatic rings. The Kier molecular flexibility index (Phi) is 14.2. The van der Waals surface area contributed by atoms with E-state index in [0.717, 1.165) is 5.39 Å². The molecule has 360 valence electrons. The first kappa shape index (κ1) is 50.9. The fourth-order valence-corrected chi connectivity index (χ4v) is 7.48. The van der Waals surface area contributed by atoms with Crippen LogP contribution >= 0.6 is 0 Å². The average molecular weight is 1000 g/mol. The van der Waals surface area contributed by atoms with E-state index in [4.69, 9.17) is 0 Å². The number of aromatic nitrogens is 1. The Labute approximate surface area is 369 Å². The minimum atomic E-state index is -7.22. The van der Waals surface area contributed by atoms with Crippen molar-refractivity contribution in [1.82, 2.24) is 0 Å². The first-order chi connectivity index (χ1) is 32.4. The van der Waals surface area contributed by atoms with Crippen molar-refractivity contribution in [3.05, 3.63) is 194 Å². The Morgan fingerprint density at radius 1 is 0.406 bits per heavy atom. The lowest BCUT2D eigenvalue weighted by molar-refractivity contribution is -0.684. The van der Waals surface area contributed by atoms with Crippen LogP contribution in [0.5, 0.6) is 0 Å². The highest BCUT2D eigenvalue weighted by atomic mass is 19.2. The molecule has 1 heterocycles. The summed E-state index contributed by atoms with van der Waals surface area (Å²) in [5, 5.41) is 1.42. The van der Waals surface area contributed by atoms with E-state index in [0.29, 0.717) is 10.9 Å². The van der Waals surface area contributed by atoms with Crippen LogP contribution in [0.2, 0.25) is 0 Å². The summed E-state index contributed by atoms with van der Waals surface area (Å²) in [6.07, 6.45) is -5.58. The summed E-state index contributed by atoms with van der Waals surface area (Å²) >= 11 is 0. The zero-order chi connectivity index (χ0) is 51.3. The lowest BCUT2D eigenvalue weighted by Crippen LogP contribution is -2.81. The first-order valence-electron chi connectivity index (χ1n) is 18.4. The quantitative estimate of drug-likeness (QED) is 0.0276. The SMILES string of the molecule is Fc1c(F)c(F)c([B-](c2c(F)c(F)c(F)c(F)c2F)(c2c(F)c(F)c(F)c(F)c2F)c2c(F)c(F)c(F)c(F)c2F)c(F)c1F.O=C(C[n+]1ccc2ccccc2c1C(=O)OCF)c1ccccc1. The van der Waals surface area contributed by atoms with Crippen molar-refractivity contribution in [2.24, 2.45) is 0 Å². The smallest absolute Gasteiger partial charge is 0.406 e. The molecule has 0 saturated carbocycles. The molecule has 0 fully saturated rings. The third-order valence-corrected chi connectivity index (χ3v) is 10.4. The summed E-state index contributed by atoms with van der Waals surface area (Å²) in [6.45, 7) is -1.25. The van der Waals surface area contributed by atoms with Gasteiger partial charge in [-0.3, -0.25) is 4.79 Å². The molecule has 0 N–H and O–H groups in total. The van der Waals surface area contributed by atoms with Crippen molar-refractivity contribution in [2.75, 3.05) is 6.86 Å². The number of benzene rings is 6. The second-order valence-corrected chi connectivity index (χ2v) is 14.0. The first-order valence-corrected chi connectivity index (χ1v) is 18.4. The number of esters is 1. The van der Waals surface area contributed by atoms with Crippen LogP contribution in [-0.2, 0) is 11.3 Å². The molecular weight excluding hydrogens is 988 g/mol. The van der Waals surface area contributed by atoms with Gasteiger partial charge in [0, 0.05) is 11.6 Å². The van der Waals surface area contributed by atoms with E-state index in [1.165, 1.54) is 4.57 Å². The molecule has 4 nitrogen and oxygen atoms in total. The number of alkyl halides is 1. The molecular formula is C43H15BF21NO3. The zero-order valence-corrected chi connectivity index (χ0v) is 33.0. The second-order valence-electron chi connectivity index (χ2n) is 14.0. The van der Waals surface area contributed by atoms with Gasteiger partial charge < -0.3 is 4.74 Å². The van der Waals surface area contributed by atoms with Crippen LogP contribution in [0.15, 0.2) is 66.9 Å². The number of Topliss-reactive ketones (excluding diaryl/α,β-unsaturated/α-hetero) is 1. The van der Waals surface area contributed by atoms with Gasteiger partial charge in [0.15, 0.2) is 76.0 Å². The van der Waals surface area contributed by atoms with Gasteiger partial charge in [-0.2, -0.15) is 4.57 Å². The maximum atomic E-state index is 15.4. The minimum Gasteiger partial charge on any atom is -0.426 e. The summed E-state index contributed by atoms with van der Waals surface area (Å²) in [6, 6.07) is 17.8. The number of hydrogen-bond donors (Lipinski definition) is 0. The second kappa shape index (κ2) is 19.2. The summed E-state index contributed by atoms with van der Waals surface area (Å²) in [5.41, 5.74) is -13.6. The molecule has 0 atom stereocenters. The summed E-state index contributed by atoms with van der Waals surface area (Å²) in [4.78, 5) is 24.6. The summed E-state index contributed by atoms with van der Waals surface area (Å²) in [5.74, 6) is -72.3. The third kappa shape index (κ3) is 8.13. The maximum absolute atomic E-state index is 15.4. The van der Waals surface area contributed by atoms with Crippen LogP contribution in [-0.4, -0.2) is 24.8 Å². The maximum Gasteiger partial charge on any atom is 0.406 e. The van der Waals surface area contributed by atoms with E-state index in [1.807, 2.05) is 18.2 Å². The van der Waals surface area contributed by atoms with Crippen LogP contribution < -0.4 is 26.4 Å². The van der Waals surface area contributed by atoms with E-state index in [-0.39, 0.29) is 18.0 Å². The molecule has 0 aliphatic carbocycles. The number of halogens is 21. The number of ether oxygens (including phenoxy) is 1. The number of fused-ring (bicyclic) bond motifs is 1. The van der Waals surface area contributed by atoms with Gasteiger partial charge in [0.05, 0.1) is 5.39 Å². The Bertz CT molecular complexity index is 2880. The molecule has 1 aromatic heterocycles. The van der Waals surface area contributed by atoms with E-state index in [9.17, 15) is 66.7 Å². The number of carbonyl (C=O) groups is 2. The molecule has 7 rings (SSSR count). The van der Waals surface area contributed by atoms with Gasteiger partial charge in [-0.05, 0) is 11.5 Å². The molecule has 0 bridgehead atoms. The molecule has 26 heteroatoms. The van der Waals surface area contributed by atoms with E-state index >= 15 is 35.1 Å². The highest BCUT2D eigenvalue weighted by Crippen LogP contribution is 2.31. The number of hydrogen-bond acceptors (Lipinski definition) is 3. The molecule has 0 saturated heterocycles. The fourth-order valence-electron chi connectivity index (χ4n) is 7.48. The third-order valence-electron chi connectivity index (χ3n) is 10.4. The molecule has 0 aliphatic heterocycles. The van der Waals surface area contributed by atoms with E-state index in [1.54, 1.807) is 48.7 Å². The molecule has 0 spiro atoms. The number of pyridine rings is 1. The monoisotopic (exact) mass is 1000 g/mol. The topological polar surface area (TPSA) is 47.2 Å². The van der Waals surface area contributed by atoms with E-state index in [2.05, 4.69) is 4.74 Å². The summed E-state index contributed by atoms with van der Waals surface area (Å²) in [7, 11) is 0. The Morgan fingerprint density at radius 2 is 0.710 bits per heavy atom.